The monoisotopic (exact) mass is 243 g/mol. The Labute approximate surface area is 100 Å². The van der Waals surface area contributed by atoms with Crippen LogP contribution in [-0.2, 0) is 0 Å². The molecule has 0 saturated heterocycles. The molecule has 0 aliphatic rings. The fourth-order valence-corrected chi connectivity index (χ4v) is 2.09. The molecule has 1 aromatic rings. The Kier molecular flexibility index (Phi) is 5.09. The highest BCUT2D eigenvalue weighted by Crippen LogP contribution is 2.23. The number of benzene rings is 1. The number of rotatable bonds is 5. The summed E-state index contributed by atoms with van der Waals surface area (Å²) in [7, 11) is 1.45. The van der Waals surface area contributed by atoms with Crippen LogP contribution in [0.25, 0.3) is 0 Å². The van der Waals surface area contributed by atoms with Gasteiger partial charge in [0, 0.05) is 11.8 Å². The van der Waals surface area contributed by atoms with E-state index in [-0.39, 0.29) is 17.6 Å². The third-order valence-electron chi connectivity index (χ3n) is 2.21. The fourth-order valence-electron chi connectivity index (χ4n) is 1.31. The molecule has 4 heteroatoms. The Morgan fingerprint density at radius 3 is 2.62 bits per heavy atom. The zero-order valence-electron chi connectivity index (χ0n) is 9.87. The van der Waals surface area contributed by atoms with Crippen molar-refractivity contribution in [2.24, 2.45) is 5.73 Å². The smallest absolute Gasteiger partial charge is 0.165 e. The van der Waals surface area contributed by atoms with Crippen molar-refractivity contribution >= 4 is 11.8 Å². The van der Waals surface area contributed by atoms with Gasteiger partial charge in [-0.1, -0.05) is 19.9 Å². The van der Waals surface area contributed by atoms with Crippen molar-refractivity contribution in [3.8, 4) is 5.75 Å². The van der Waals surface area contributed by atoms with Gasteiger partial charge in [0.25, 0.3) is 0 Å². The predicted octanol–water partition coefficient (Wildman–Crippen LogP) is 2.98. The molecule has 1 unspecified atom stereocenters. The van der Waals surface area contributed by atoms with Gasteiger partial charge in [0.1, 0.15) is 0 Å². The summed E-state index contributed by atoms with van der Waals surface area (Å²) < 4.78 is 18.3. The maximum Gasteiger partial charge on any atom is 0.165 e. The van der Waals surface area contributed by atoms with E-state index >= 15 is 0 Å². The van der Waals surface area contributed by atoms with Crippen molar-refractivity contribution in [1.29, 1.82) is 0 Å². The second kappa shape index (κ2) is 6.11. The second-order valence-electron chi connectivity index (χ2n) is 3.88. The van der Waals surface area contributed by atoms with Crippen molar-refractivity contribution < 1.29 is 9.13 Å². The summed E-state index contributed by atoms with van der Waals surface area (Å²) in [5.41, 5.74) is 6.79. The van der Waals surface area contributed by atoms with Crippen LogP contribution in [0.3, 0.4) is 0 Å². The number of hydrogen-bond acceptors (Lipinski definition) is 3. The number of hydrogen-bond donors (Lipinski definition) is 1. The van der Waals surface area contributed by atoms with E-state index in [4.69, 9.17) is 10.5 Å². The third-order valence-corrected chi connectivity index (χ3v) is 3.43. The minimum Gasteiger partial charge on any atom is -0.494 e. The molecule has 0 fully saturated rings. The van der Waals surface area contributed by atoms with Gasteiger partial charge in [0.05, 0.1) is 7.11 Å². The Morgan fingerprint density at radius 1 is 1.44 bits per heavy atom. The van der Waals surface area contributed by atoms with Gasteiger partial charge < -0.3 is 10.5 Å². The molecule has 0 bridgehead atoms. The van der Waals surface area contributed by atoms with Gasteiger partial charge in [0.2, 0.25) is 0 Å². The van der Waals surface area contributed by atoms with E-state index in [1.807, 2.05) is 6.07 Å². The van der Waals surface area contributed by atoms with Crippen LogP contribution >= 0.6 is 11.8 Å². The standard InChI is InChI=1S/C12H18FNOS/c1-8(2)16-7-11(14)9-4-5-12(15-3)10(13)6-9/h4-6,8,11H,7,14H2,1-3H3. The maximum absolute atomic E-state index is 13.4. The van der Waals surface area contributed by atoms with E-state index in [0.717, 1.165) is 11.3 Å². The average Bonchev–Trinajstić information content (AvgIpc) is 2.25. The number of thioether (sulfide) groups is 1. The Morgan fingerprint density at radius 2 is 2.12 bits per heavy atom. The van der Waals surface area contributed by atoms with Crippen LogP contribution in [0.5, 0.6) is 5.75 Å². The quantitative estimate of drug-likeness (QED) is 0.863. The Balaban J connectivity index is 2.69. The van der Waals surface area contributed by atoms with Crippen LogP contribution in [0.4, 0.5) is 4.39 Å². The van der Waals surface area contributed by atoms with Gasteiger partial charge >= 0.3 is 0 Å². The lowest BCUT2D eigenvalue weighted by Crippen LogP contribution is -2.14. The van der Waals surface area contributed by atoms with E-state index in [1.165, 1.54) is 13.2 Å². The van der Waals surface area contributed by atoms with Crippen LogP contribution < -0.4 is 10.5 Å². The van der Waals surface area contributed by atoms with E-state index in [2.05, 4.69) is 13.8 Å². The number of nitrogens with two attached hydrogens (primary N) is 1. The summed E-state index contributed by atoms with van der Waals surface area (Å²) >= 11 is 1.77. The fraction of sp³-hybridized carbons (Fsp3) is 0.500. The first-order chi connectivity index (χ1) is 7.54. The summed E-state index contributed by atoms with van der Waals surface area (Å²) in [6.07, 6.45) is 0. The molecule has 0 amide bonds. The molecule has 90 valence electrons. The van der Waals surface area contributed by atoms with Crippen molar-refractivity contribution in [3.63, 3.8) is 0 Å². The lowest BCUT2D eigenvalue weighted by Gasteiger charge is -2.14. The summed E-state index contributed by atoms with van der Waals surface area (Å²) in [5.74, 6) is 0.696. The first-order valence-electron chi connectivity index (χ1n) is 5.25. The summed E-state index contributed by atoms with van der Waals surface area (Å²) in [5, 5.41) is 0.536. The molecule has 0 heterocycles. The molecule has 1 aromatic carbocycles. The highest BCUT2D eigenvalue weighted by Gasteiger charge is 2.10. The van der Waals surface area contributed by atoms with Crippen molar-refractivity contribution in [1.82, 2.24) is 0 Å². The second-order valence-corrected chi connectivity index (χ2v) is 5.49. The lowest BCUT2D eigenvalue weighted by atomic mass is 10.1. The largest absolute Gasteiger partial charge is 0.494 e. The topological polar surface area (TPSA) is 35.2 Å². The Bertz CT molecular complexity index is 344. The van der Waals surface area contributed by atoms with E-state index in [0.29, 0.717) is 5.25 Å². The molecule has 1 atom stereocenters. The van der Waals surface area contributed by atoms with E-state index < -0.39 is 0 Å². The summed E-state index contributed by atoms with van der Waals surface area (Å²) in [6.45, 7) is 4.23. The van der Waals surface area contributed by atoms with Gasteiger partial charge in [-0.25, -0.2) is 4.39 Å². The van der Waals surface area contributed by atoms with Gasteiger partial charge in [0.15, 0.2) is 11.6 Å². The molecule has 1 rings (SSSR count). The number of ether oxygens (including phenoxy) is 1. The van der Waals surface area contributed by atoms with Crippen molar-refractivity contribution in [2.75, 3.05) is 12.9 Å². The van der Waals surface area contributed by atoms with Crippen LogP contribution in [0, 0.1) is 5.82 Å². The normalized spacial score (nSPS) is 12.9. The zero-order valence-corrected chi connectivity index (χ0v) is 10.7. The molecule has 0 spiro atoms. The summed E-state index contributed by atoms with van der Waals surface area (Å²) in [6, 6.07) is 4.75. The third kappa shape index (κ3) is 3.68. The molecular weight excluding hydrogens is 225 g/mol. The van der Waals surface area contributed by atoms with Gasteiger partial charge in [-0.05, 0) is 22.9 Å². The molecular formula is C12H18FNOS. The van der Waals surface area contributed by atoms with Crippen molar-refractivity contribution in [3.05, 3.63) is 29.6 Å². The predicted molar refractivity (Wildman–Crippen MR) is 67.5 cm³/mol. The Hall–Kier alpha value is -0.740. The molecule has 0 saturated carbocycles. The first kappa shape index (κ1) is 13.3. The van der Waals surface area contributed by atoms with Crippen LogP contribution in [0.2, 0.25) is 0 Å². The van der Waals surface area contributed by atoms with E-state index in [1.54, 1.807) is 17.8 Å². The van der Waals surface area contributed by atoms with Crippen LogP contribution in [0.15, 0.2) is 18.2 Å². The highest BCUT2D eigenvalue weighted by atomic mass is 32.2. The van der Waals surface area contributed by atoms with Crippen LogP contribution in [-0.4, -0.2) is 18.1 Å². The summed E-state index contributed by atoms with van der Waals surface area (Å²) in [4.78, 5) is 0. The molecule has 2 N–H and O–H groups in total. The SMILES string of the molecule is COc1ccc(C(N)CSC(C)C)cc1F. The van der Waals surface area contributed by atoms with Gasteiger partial charge in [-0.3, -0.25) is 0 Å². The number of halogens is 1. The average molecular weight is 243 g/mol. The minimum atomic E-state index is -0.356. The molecule has 0 aromatic heterocycles. The van der Waals surface area contributed by atoms with Crippen molar-refractivity contribution in [2.45, 2.75) is 25.1 Å². The maximum atomic E-state index is 13.4. The molecule has 0 aliphatic carbocycles. The number of methoxy groups -OCH3 is 1. The van der Waals surface area contributed by atoms with Gasteiger partial charge in [-0.2, -0.15) is 11.8 Å². The zero-order chi connectivity index (χ0) is 12.1. The first-order valence-corrected chi connectivity index (χ1v) is 6.30. The minimum absolute atomic E-state index is 0.132. The molecule has 16 heavy (non-hydrogen) atoms. The van der Waals surface area contributed by atoms with E-state index in [9.17, 15) is 4.39 Å². The molecule has 0 aliphatic heterocycles. The van der Waals surface area contributed by atoms with Crippen LogP contribution in [0.1, 0.15) is 25.5 Å². The lowest BCUT2D eigenvalue weighted by molar-refractivity contribution is 0.386. The molecule has 2 nitrogen and oxygen atoms in total. The molecule has 0 radical (unpaired) electrons. The highest BCUT2D eigenvalue weighted by molar-refractivity contribution is 7.99. The van der Waals surface area contributed by atoms with Gasteiger partial charge in [-0.15, -0.1) is 0 Å².